The normalized spacial score (nSPS) is 9.08. The van der Waals surface area contributed by atoms with Gasteiger partial charge in [-0.3, -0.25) is 0 Å². The summed E-state index contributed by atoms with van der Waals surface area (Å²) in [6, 6.07) is 1.58. The average Bonchev–Trinajstić information content (AvgIpc) is 2.09. The average molecular weight is 215 g/mol. The number of anilines is 1. The molecule has 0 fully saturated rings. The Kier molecular flexibility index (Phi) is 3.88. The molecule has 0 saturated carbocycles. The summed E-state index contributed by atoms with van der Waals surface area (Å²) in [7, 11) is 0. The van der Waals surface area contributed by atoms with Crippen molar-refractivity contribution < 1.29 is 0 Å². The highest BCUT2D eigenvalue weighted by Crippen LogP contribution is 2.15. The molecule has 2 N–H and O–H groups in total. The number of alkyl halides is 1. The minimum absolute atomic E-state index is 0.396. The fourth-order valence-corrected chi connectivity index (χ4v) is 1.04. The summed E-state index contributed by atoms with van der Waals surface area (Å²) >= 11 is 11.3. The quantitative estimate of drug-likeness (QED) is 0.576. The van der Waals surface area contributed by atoms with Crippen molar-refractivity contribution in [3.63, 3.8) is 0 Å². The van der Waals surface area contributed by atoms with Crippen LogP contribution in [0.2, 0.25) is 5.02 Å². The molecule has 0 aliphatic rings. The summed E-state index contributed by atoms with van der Waals surface area (Å²) in [6.07, 6.45) is 2.20. The van der Waals surface area contributed by atoms with Crippen molar-refractivity contribution >= 4 is 29.0 Å². The number of pyridine rings is 1. The standard InChI is InChI=1S/C9H8Cl2N2/c10-4-2-1-3-7-6-13-9(12)5-8(7)11/h5-6H,2,4H2,(H2,12,13). The zero-order valence-corrected chi connectivity index (χ0v) is 8.36. The van der Waals surface area contributed by atoms with Crippen LogP contribution in [0.3, 0.4) is 0 Å². The topological polar surface area (TPSA) is 38.9 Å². The molecule has 0 unspecified atom stereocenters. The van der Waals surface area contributed by atoms with Crippen molar-refractivity contribution in [1.82, 2.24) is 4.98 Å². The van der Waals surface area contributed by atoms with E-state index in [1.54, 1.807) is 12.3 Å². The van der Waals surface area contributed by atoms with Gasteiger partial charge in [-0.2, -0.15) is 0 Å². The van der Waals surface area contributed by atoms with Gasteiger partial charge in [0.2, 0.25) is 0 Å². The predicted octanol–water partition coefficient (Wildman–Crippen LogP) is 2.30. The summed E-state index contributed by atoms with van der Waals surface area (Å²) in [5, 5.41) is 0.523. The first kappa shape index (κ1) is 10.2. The summed E-state index contributed by atoms with van der Waals surface area (Å²) in [6.45, 7) is 0. The number of hydrogen-bond donors (Lipinski definition) is 1. The van der Waals surface area contributed by atoms with E-state index >= 15 is 0 Å². The number of aromatic nitrogens is 1. The number of nitrogens with zero attached hydrogens (tertiary/aromatic N) is 1. The molecule has 1 aromatic heterocycles. The molecular weight excluding hydrogens is 207 g/mol. The Morgan fingerprint density at radius 3 is 2.92 bits per heavy atom. The molecular formula is C9H8Cl2N2. The van der Waals surface area contributed by atoms with Crippen LogP contribution in [0.4, 0.5) is 5.82 Å². The minimum atomic E-state index is 0.396. The van der Waals surface area contributed by atoms with Gasteiger partial charge in [-0.15, -0.1) is 11.6 Å². The Morgan fingerprint density at radius 2 is 2.31 bits per heavy atom. The monoisotopic (exact) mass is 214 g/mol. The van der Waals surface area contributed by atoms with Crippen LogP contribution in [-0.2, 0) is 0 Å². The molecule has 2 nitrogen and oxygen atoms in total. The van der Waals surface area contributed by atoms with E-state index in [2.05, 4.69) is 16.8 Å². The first-order chi connectivity index (χ1) is 6.24. The Balaban J connectivity index is 2.85. The molecule has 0 aliphatic heterocycles. The molecule has 0 aromatic carbocycles. The van der Waals surface area contributed by atoms with E-state index in [0.717, 1.165) is 0 Å². The number of halogens is 2. The molecule has 0 saturated heterocycles. The van der Waals surface area contributed by atoms with E-state index in [9.17, 15) is 0 Å². The zero-order chi connectivity index (χ0) is 9.68. The van der Waals surface area contributed by atoms with Gasteiger partial charge in [0.05, 0.1) is 10.6 Å². The molecule has 0 bridgehead atoms. The third-order valence-electron chi connectivity index (χ3n) is 1.32. The second-order valence-corrected chi connectivity index (χ2v) is 3.11. The third-order valence-corrected chi connectivity index (χ3v) is 1.82. The van der Waals surface area contributed by atoms with Crippen LogP contribution in [0.25, 0.3) is 0 Å². The van der Waals surface area contributed by atoms with Crippen LogP contribution >= 0.6 is 23.2 Å². The van der Waals surface area contributed by atoms with Gasteiger partial charge in [-0.25, -0.2) is 4.98 Å². The number of hydrogen-bond acceptors (Lipinski definition) is 2. The summed E-state index contributed by atoms with van der Waals surface area (Å²) in [5.74, 6) is 6.64. The molecule has 68 valence electrons. The molecule has 0 aliphatic carbocycles. The maximum atomic E-state index is 5.85. The van der Waals surface area contributed by atoms with E-state index < -0.39 is 0 Å². The van der Waals surface area contributed by atoms with Crippen molar-refractivity contribution in [3.05, 3.63) is 22.8 Å². The first-order valence-electron chi connectivity index (χ1n) is 3.70. The van der Waals surface area contributed by atoms with E-state index in [1.807, 2.05) is 0 Å². The Bertz CT molecular complexity index is 352. The third kappa shape index (κ3) is 3.14. The Morgan fingerprint density at radius 1 is 1.54 bits per heavy atom. The molecule has 1 aromatic rings. The van der Waals surface area contributed by atoms with Gasteiger partial charge in [0, 0.05) is 24.6 Å². The van der Waals surface area contributed by atoms with Crippen molar-refractivity contribution in [2.45, 2.75) is 6.42 Å². The highest BCUT2D eigenvalue weighted by atomic mass is 35.5. The fraction of sp³-hybridized carbons (Fsp3) is 0.222. The van der Waals surface area contributed by atoms with Gasteiger partial charge >= 0.3 is 0 Å². The van der Waals surface area contributed by atoms with Crippen molar-refractivity contribution in [2.24, 2.45) is 0 Å². The second-order valence-electron chi connectivity index (χ2n) is 2.33. The van der Waals surface area contributed by atoms with Crippen LogP contribution < -0.4 is 5.73 Å². The molecule has 4 heteroatoms. The lowest BCUT2D eigenvalue weighted by Crippen LogP contribution is -1.90. The number of nitrogen functional groups attached to an aromatic ring is 1. The van der Waals surface area contributed by atoms with E-state index in [-0.39, 0.29) is 0 Å². The maximum Gasteiger partial charge on any atom is 0.124 e. The molecule has 1 heterocycles. The lowest BCUT2D eigenvalue weighted by Gasteiger charge is -1.95. The van der Waals surface area contributed by atoms with E-state index in [0.29, 0.717) is 28.7 Å². The summed E-state index contributed by atoms with van der Waals surface area (Å²) in [4.78, 5) is 3.88. The smallest absolute Gasteiger partial charge is 0.124 e. The second kappa shape index (κ2) is 4.96. The molecule has 13 heavy (non-hydrogen) atoms. The Hall–Kier alpha value is -0.910. The van der Waals surface area contributed by atoms with Crippen LogP contribution in [0.1, 0.15) is 12.0 Å². The summed E-state index contributed by atoms with van der Waals surface area (Å²) in [5.41, 5.74) is 6.10. The summed E-state index contributed by atoms with van der Waals surface area (Å²) < 4.78 is 0. The maximum absolute atomic E-state index is 5.85. The lowest BCUT2D eigenvalue weighted by atomic mass is 10.3. The number of rotatable bonds is 1. The zero-order valence-electron chi connectivity index (χ0n) is 6.85. The SMILES string of the molecule is Nc1cc(Cl)c(C#CCCCl)cn1. The number of nitrogens with two attached hydrogens (primary N) is 1. The first-order valence-corrected chi connectivity index (χ1v) is 4.61. The minimum Gasteiger partial charge on any atom is -0.384 e. The van der Waals surface area contributed by atoms with E-state index in [1.165, 1.54) is 0 Å². The predicted molar refractivity (Wildman–Crippen MR) is 55.9 cm³/mol. The molecule has 0 spiro atoms. The van der Waals surface area contributed by atoms with Gasteiger partial charge in [-0.05, 0) is 0 Å². The Labute approximate surface area is 87.1 Å². The van der Waals surface area contributed by atoms with Crippen LogP contribution in [-0.4, -0.2) is 10.9 Å². The van der Waals surface area contributed by atoms with Crippen LogP contribution in [0.15, 0.2) is 12.3 Å². The van der Waals surface area contributed by atoms with Gasteiger partial charge in [0.25, 0.3) is 0 Å². The van der Waals surface area contributed by atoms with Gasteiger partial charge < -0.3 is 5.73 Å². The molecule has 1 rings (SSSR count). The molecule has 0 atom stereocenters. The molecule has 0 amide bonds. The van der Waals surface area contributed by atoms with Crippen molar-refractivity contribution in [3.8, 4) is 11.8 Å². The fourth-order valence-electron chi connectivity index (χ4n) is 0.743. The van der Waals surface area contributed by atoms with Crippen LogP contribution in [0.5, 0.6) is 0 Å². The highest BCUT2D eigenvalue weighted by Gasteiger charge is 1.97. The van der Waals surface area contributed by atoms with Gasteiger partial charge in [0.15, 0.2) is 0 Å². The largest absolute Gasteiger partial charge is 0.384 e. The van der Waals surface area contributed by atoms with Crippen molar-refractivity contribution in [2.75, 3.05) is 11.6 Å². The van der Waals surface area contributed by atoms with Crippen LogP contribution in [0, 0.1) is 11.8 Å². The highest BCUT2D eigenvalue weighted by molar-refractivity contribution is 6.31. The lowest BCUT2D eigenvalue weighted by molar-refractivity contribution is 1.28. The van der Waals surface area contributed by atoms with Crippen molar-refractivity contribution in [1.29, 1.82) is 0 Å². The van der Waals surface area contributed by atoms with Gasteiger partial charge in [0.1, 0.15) is 5.82 Å². The van der Waals surface area contributed by atoms with E-state index in [4.69, 9.17) is 28.9 Å². The van der Waals surface area contributed by atoms with Gasteiger partial charge in [-0.1, -0.05) is 23.4 Å². The molecule has 0 radical (unpaired) electrons.